The highest BCUT2D eigenvalue weighted by atomic mass is 79.9. The zero-order chi connectivity index (χ0) is 21.6. The Kier molecular flexibility index (Phi) is 7.81. The molecule has 1 saturated heterocycles. The van der Waals surface area contributed by atoms with Gasteiger partial charge < -0.3 is 19.5 Å². The molecule has 1 N–H and O–H groups in total. The molecule has 160 valence electrons. The number of halogens is 2. The predicted molar refractivity (Wildman–Crippen MR) is 122 cm³/mol. The molecule has 0 aliphatic carbocycles. The lowest BCUT2D eigenvalue weighted by molar-refractivity contribution is -0.116. The van der Waals surface area contributed by atoms with Crippen LogP contribution >= 0.6 is 27.5 Å². The van der Waals surface area contributed by atoms with E-state index in [1.54, 1.807) is 25.3 Å². The number of hydrogen-bond donors (Lipinski definition) is 1. The highest BCUT2D eigenvalue weighted by Gasteiger charge is 2.34. The molecule has 0 aromatic heterocycles. The Labute approximate surface area is 190 Å². The van der Waals surface area contributed by atoms with E-state index in [9.17, 15) is 4.79 Å². The molecule has 30 heavy (non-hydrogen) atoms. The van der Waals surface area contributed by atoms with Crippen molar-refractivity contribution < 1.29 is 19.0 Å². The Hall–Kier alpha value is -2.02. The number of rotatable bonds is 7. The minimum absolute atomic E-state index is 0.141. The third-order valence-electron chi connectivity index (χ3n) is 5.37. The molecule has 0 saturated carbocycles. The number of amides is 1. The molecule has 0 radical (unpaired) electrons. The van der Waals surface area contributed by atoms with Crippen LogP contribution in [0.4, 0.5) is 0 Å². The summed E-state index contributed by atoms with van der Waals surface area (Å²) in [4.78, 5) is 12.5. The van der Waals surface area contributed by atoms with Crippen LogP contribution in [0.3, 0.4) is 0 Å². The summed E-state index contributed by atoms with van der Waals surface area (Å²) >= 11 is 9.79. The molecular formula is C23H25BrClNO4. The molecule has 0 spiro atoms. The van der Waals surface area contributed by atoms with Crippen molar-refractivity contribution in [2.24, 2.45) is 0 Å². The van der Waals surface area contributed by atoms with Gasteiger partial charge in [-0.1, -0.05) is 39.7 Å². The van der Waals surface area contributed by atoms with Crippen LogP contribution in [0, 0.1) is 0 Å². The summed E-state index contributed by atoms with van der Waals surface area (Å²) in [5.41, 5.74) is 1.81. The van der Waals surface area contributed by atoms with E-state index < -0.39 is 0 Å². The first-order valence-electron chi connectivity index (χ1n) is 9.69. The summed E-state index contributed by atoms with van der Waals surface area (Å²) in [6, 6.07) is 11.8. The maximum absolute atomic E-state index is 12.5. The van der Waals surface area contributed by atoms with Crippen LogP contribution in [0.5, 0.6) is 11.5 Å². The van der Waals surface area contributed by atoms with Gasteiger partial charge in [-0.25, -0.2) is 0 Å². The number of benzene rings is 2. The van der Waals surface area contributed by atoms with Gasteiger partial charge in [0.1, 0.15) is 0 Å². The van der Waals surface area contributed by atoms with E-state index in [4.69, 9.17) is 25.8 Å². The molecule has 1 fully saturated rings. The minimum Gasteiger partial charge on any atom is -0.493 e. The molecule has 0 bridgehead atoms. The smallest absolute Gasteiger partial charge is 0.244 e. The second kappa shape index (κ2) is 10.3. The highest BCUT2D eigenvalue weighted by molar-refractivity contribution is 9.10. The first kappa shape index (κ1) is 22.7. The van der Waals surface area contributed by atoms with Crippen molar-refractivity contribution in [2.45, 2.75) is 18.3 Å². The summed E-state index contributed by atoms with van der Waals surface area (Å²) in [5, 5.41) is 3.49. The van der Waals surface area contributed by atoms with Crippen molar-refractivity contribution >= 4 is 39.5 Å². The first-order chi connectivity index (χ1) is 14.5. The fourth-order valence-electron chi connectivity index (χ4n) is 3.67. The van der Waals surface area contributed by atoms with E-state index in [0.717, 1.165) is 22.9 Å². The van der Waals surface area contributed by atoms with Crippen molar-refractivity contribution in [3.63, 3.8) is 0 Å². The van der Waals surface area contributed by atoms with Gasteiger partial charge in [-0.05, 0) is 54.3 Å². The zero-order valence-electron chi connectivity index (χ0n) is 17.0. The topological polar surface area (TPSA) is 56.8 Å². The Morgan fingerprint density at radius 2 is 2.00 bits per heavy atom. The van der Waals surface area contributed by atoms with Gasteiger partial charge in [0.05, 0.1) is 19.2 Å². The molecule has 2 aromatic rings. The van der Waals surface area contributed by atoms with E-state index in [1.165, 1.54) is 18.7 Å². The second-order valence-electron chi connectivity index (χ2n) is 7.19. The zero-order valence-corrected chi connectivity index (χ0v) is 19.4. The minimum atomic E-state index is -0.165. The van der Waals surface area contributed by atoms with Crippen molar-refractivity contribution in [1.82, 2.24) is 5.32 Å². The number of ether oxygens (including phenoxy) is 3. The van der Waals surface area contributed by atoms with Crippen LogP contribution in [-0.4, -0.2) is 39.9 Å². The third-order valence-corrected chi connectivity index (χ3v) is 6.14. The molecule has 1 aliphatic heterocycles. The van der Waals surface area contributed by atoms with Gasteiger partial charge in [0.15, 0.2) is 11.5 Å². The first-order valence-corrected chi connectivity index (χ1v) is 10.9. The van der Waals surface area contributed by atoms with Gasteiger partial charge in [0.2, 0.25) is 5.91 Å². The van der Waals surface area contributed by atoms with Gasteiger partial charge in [-0.2, -0.15) is 0 Å². The summed E-state index contributed by atoms with van der Waals surface area (Å²) in [7, 11) is 3.08. The van der Waals surface area contributed by atoms with Crippen molar-refractivity contribution in [2.75, 3.05) is 34.0 Å². The molecule has 5 nitrogen and oxygen atoms in total. The third kappa shape index (κ3) is 5.36. The van der Waals surface area contributed by atoms with Gasteiger partial charge in [0.25, 0.3) is 0 Å². The van der Waals surface area contributed by atoms with Crippen LogP contribution in [0.25, 0.3) is 6.08 Å². The van der Waals surface area contributed by atoms with E-state index >= 15 is 0 Å². The lowest BCUT2D eigenvalue weighted by atomic mass is 9.74. The summed E-state index contributed by atoms with van der Waals surface area (Å²) in [5.74, 6) is 0.818. The summed E-state index contributed by atoms with van der Waals surface area (Å²) < 4.78 is 17.1. The monoisotopic (exact) mass is 493 g/mol. The van der Waals surface area contributed by atoms with Crippen LogP contribution in [0.15, 0.2) is 46.9 Å². The number of methoxy groups -OCH3 is 2. The Morgan fingerprint density at radius 1 is 1.23 bits per heavy atom. The quantitative estimate of drug-likeness (QED) is 0.551. The van der Waals surface area contributed by atoms with Gasteiger partial charge >= 0.3 is 0 Å². The Balaban J connectivity index is 1.71. The maximum Gasteiger partial charge on any atom is 0.244 e. The average Bonchev–Trinajstić information content (AvgIpc) is 2.76. The molecule has 7 heteroatoms. The van der Waals surface area contributed by atoms with Crippen molar-refractivity contribution in [3.8, 4) is 11.5 Å². The van der Waals surface area contributed by atoms with Crippen LogP contribution in [-0.2, 0) is 14.9 Å². The average molecular weight is 495 g/mol. The number of nitrogens with one attached hydrogen (secondary N) is 1. The van der Waals surface area contributed by atoms with Crippen LogP contribution in [0.2, 0.25) is 5.02 Å². The fraction of sp³-hybridized carbons (Fsp3) is 0.348. The predicted octanol–water partition coefficient (Wildman–Crippen LogP) is 5.00. The van der Waals surface area contributed by atoms with E-state index in [2.05, 4.69) is 33.4 Å². The van der Waals surface area contributed by atoms with Gasteiger partial charge in [0, 0.05) is 35.7 Å². The van der Waals surface area contributed by atoms with E-state index in [-0.39, 0.29) is 11.3 Å². The Morgan fingerprint density at radius 3 is 2.67 bits per heavy atom. The van der Waals surface area contributed by atoms with Crippen molar-refractivity contribution in [3.05, 3.63) is 63.1 Å². The molecule has 1 heterocycles. The normalized spacial score (nSPS) is 15.7. The lowest BCUT2D eigenvalue weighted by Gasteiger charge is -2.38. The Bertz CT molecular complexity index is 925. The highest BCUT2D eigenvalue weighted by Crippen LogP contribution is 2.37. The fourth-order valence-corrected chi connectivity index (χ4v) is 4.36. The van der Waals surface area contributed by atoms with Crippen LogP contribution in [0.1, 0.15) is 24.0 Å². The van der Waals surface area contributed by atoms with Crippen LogP contribution < -0.4 is 14.8 Å². The molecule has 0 unspecified atom stereocenters. The number of hydrogen-bond acceptors (Lipinski definition) is 4. The van der Waals surface area contributed by atoms with E-state index in [1.807, 2.05) is 12.1 Å². The van der Waals surface area contributed by atoms with Gasteiger partial charge in [-0.15, -0.1) is 0 Å². The van der Waals surface area contributed by atoms with E-state index in [0.29, 0.717) is 36.3 Å². The summed E-state index contributed by atoms with van der Waals surface area (Å²) in [6.45, 7) is 1.91. The molecule has 0 atom stereocenters. The second-order valence-corrected chi connectivity index (χ2v) is 8.52. The SMILES string of the molecule is COc1cc(C=CC(=O)NCC2(c3cccc(Br)c3)CCOCC2)cc(Cl)c1OC. The number of carbonyl (C=O) groups excluding carboxylic acids is 1. The van der Waals surface area contributed by atoms with Gasteiger partial charge in [-0.3, -0.25) is 4.79 Å². The molecule has 3 rings (SSSR count). The maximum atomic E-state index is 12.5. The molecular weight excluding hydrogens is 470 g/mol. The molecule has 1 aliphatic rings. The lowest BCUT2D eigenvalue weighted by Crippen LogP contribution is -2.44. The number of carbonyl (C=O) groups is 1. The van der Waals surface area contributed by atoms with Crippen molar-refractivity contribution in [1.29, 1.82) is 0 Å². The molecule has 1 amide bonds. The largest absolute Gasteiger partial charge is 0.493 e. The summed E-state index contributed by atoms with van der Waals surface area (Å²) in [6.07, 6.45) is 4.93. The molecule has 2 aromatic carbocycles. The standard InChI is InChI=1S/C23H25BrClNO4/c1-28-20-13-16(12-19(25)22(20)29-2)6-7-21(27)26-15-23(8-10-30-11-9-23)17-4-3-5-18(24)14-17/h3-7,12-14H,8-11,15H2,1-2H3,(H,26,27).